The van der Waals surface area contributed by atoms with Gasteiger partial charge in [0.25, 0.3) is 0 Å². The molecule has 0 spiro atoms. The van der Waals surface area contributed by atoms with Gasteiger partial charge in [0.15, 0.2) is 0 Å². The van der Waals surface area contributed by atoms with Crippen molar-refractivity contribution in [3.8, 4) is 0 Å². The van der Waals surface area contributed by atoms with Crippen LogP contribution in [0.1, 0.15) is 25.0 Å². The van der Waals surface area contributed by atoms with E-state index < -0.39 is 0 Å². The highest BCUT2D eigenvalue weighted by Crippen LogP contribution is 2.28. The van der Waals surface area contributed by atoms with Crippen LogP contribution in [0, 0.1) is 18.8 Å². The van der Waals surface area contributed by atoms with Gasteiger partial charge in [0.05, 0.1) is 6.54 Å². The van der Waals surface area contributed by atoms with E-state index in [9.17, 15) is 9.59 Å². The van der Waals surface area contributed by atoms with Crippen LogP contribution in [-0.4, -0.2) is 16.7 Å². The molecule has 1 heterocycles. The Morgan fingerprint density at radius 2 is 1.72 bits per heavy atom. The Bertz CT molecular complexity index is 493. The molecule has 1 aliphatic heterocycles. The Morgan fingerprint density at radius 3 is 2.28 bits per heavy atom. The third-order valence-corrected chi connectivity index (χ3v) is 4.63. The van der Waals surface area contributed by atoms with E-state index >= 15 is 0 Å². The Hall–Kier alpha value is -1.16. The van der Waals surface area contributed by atoms with Gasteiger partial charge in [-0.25, -0.2) is 0 Å². The number of rotatable bonds is 2. The molecule has 0 aliphatic carbocycles. The van der Waals surface area contributed by atoms with Crippen molar-refractivity contribution in [2.45, 2.75) is 27.3 Å². The molecule has 1 fully saturated rings. The van der Waals surface area contributed by atoms with E-state index in [2.05, 4.69) is 15.9 Å². The normalized spacial score (nSPS) is 23.9. The zero-order chi connectivity index (χ0) is 13.4. The minimum absolute atomic E-state index is 0.0631. The first-order chi connectivity index (χ1) is 8.43. The van der Waals surface area contributed by atoms with Crippen LogP contribution in [-0.2, 0) is 16.1 Å². The monoisotopic (exact) mass is 309 g/mol. The van der Waals surface area contributed by atoms with Gasteiger partial charge in [-0.1, -0.05) is 41.9 Å². The van der Waals surface area contributed by atoms with E-state index in [0.717, 1.165) is 15.6 Å². The minimum atomic E-state index is -0.204. The number of carbonyl (C=O) groups is 2. The number of hydrogen-bond acceptors (Lipinski definition) is 2. The molecule has 2 atom stereocenters. The van der Waals surface area contributed by atoms with Gasteiger partial charge in [-0.3, -0.25) is 14.5 Å². The number of carbonyl (C=O) groups excluding carboxylic acids is 2. The molecule has 1 aromatic carbocycles. The van der Waals surface area contributed by atoms with Crippen molar-refractivity contribution >= 4 is 27.7 Å². The minimum Gasteiger partial charge on any atom is -0.278 e. The number of nitrogens with zero attached hydrogens (tertiary/aromatic N) is 1. The summed E-state index contributed by atoms with van der Waals surface area (Å²) >= 11 is 3.46. The standard InChI is InChI=1S/C14H16BrNO2/c1-8-9(2)14(18)16(13(8)17)7-11-5-4-6-12(15)10(11)3/h4-6,8-9H,7H2,1-3H3. The predicted molar refractivity (Wildman–Crippen MR) is 72.8 cm³/mol. The zero-order valence-corrected chi connectivity index (χ0v) is 12.3. The number of halogens is 1. The third kappa shape index (κ3) is 2.09. The van der Waals surface area contributed by atoms with Crippen LogP contribution >= 0.6 is 15.9 Å². The van der Waals surface area contributed by atoms with Crippen molar-refractivity contribution in [1.82, 2.24) is 4.90 Å². The number of imide groups is 1. The van der Waals surface area contributed by atoms with E-state index in [1.807, 2.05) is 39.0 Å². The van der Waals surface area contributed by atoms with Crippen LogP contribution in [0.5, 0.6) is 0 Å². The maximum Gasteiger partial charge on any atom is 0.233 e. The Labute approximate surface area is 115 Å². The lowest BCUT2D eigenvalue weighted by atomic mass is 10.00. The van der Waals surface area contributed by atoms with E-state index in [0.29, 0.717) is 6.54 Å². The Kier molecular flexibility index (Phi) is 3.57. The number of hydrogen-bond donors (Lipinski definition) is 0. The van der Waals surface area contributed by atoms with Gasteiger partial charge in [0.1, 0.15) is 0 Å². The van der Waals surface area contributed by atoms with Crippen LogP contribution in [0.4, 0.5) is 0 Å². The lowest BCUT2D eigenvalue weighted by Gasteiger charge is -2.16. The first-order valence-corrected chi connectivity index (χ1v) is 6.82. The fourth-order valence-electron chi connectivity index (χ4n) is 2.18. The molecular weight excluding hydrogens is 294 g/mol. The molecule has 1 aliphatic rings. The van der Waals surface area contributed by atoms with Gasteiger partial charge in [-0.2, -0.15) is 0 Å². The van der Waals surface area contributed by atoms with E-state index in [-0.39, 0.29) is 23.7 Å². The largest absolute Gasteiger partial charge is 0.278 e. The lowest BCUT2D eigenvalue weighted by Crippen LogP contribution is -2.30. The van der Waals surface area contributed by atoms with Crippen molar-refractivity contribution in [2.24, 2.45) is 11.8 Å². The van der Waals surface area contributed by atoms with Gasteiger partial charge in [0.2, 0.25) is 11.8 Å². The van der Waals surface area contributed by atoms with Crippen molar-refractivity contribution in [1.29, 1.82) is 0 Å². The third-order valence-electron chi connectivity index (χ3n) is 3.77. The summed E-state index contributed by atoms with van der Waals surface area (Å²) in [4.78, 5) is 25.4. The van der Waals surface area contributed by atoms with Gasteiger partial charge in [0, 0.05) is 16.3 Å². The summed E-state index contributed by atoms with van der Waals surface area (Å²) in [6.45, 7) is 5.99. The fourth-order valence-corrected chi connectivity index (χ4v) is 2.58. The number of amides is 2. The van der Waals surface area contributed by atoms with E-state index in [1.165, 1.54) is 4.90 Å². The highest BCUT2D eigenvalue weighted by Gasteiger charge is 2.42. The number of likely N-dealkylation sites (tertiary alicyclic amines) is 1. The molecule has 96 valence electrons. The molecule has 2 amide bonds. The summed E-state index contributed by atoms with van der Waals surface area (Å²) < 4.78 is 1.00. The molecular formula is C14H16BrNO2. The highest BCUT2D eigenvalue weighted by molar-refractivity contribution is 9.10. The fraction of sp³-hybridized carbons (Fsp3) is 0.429. The number of benzene rings is 1. The summed E-state index contributed by atoms with van der Waals surface area (Å²) in [5.74, 6) is -0.534. The summed E-state index contributed by atoms with van der Waals surface area (Å²) in [6.07, 6.45) is 0. The molecule has 18 heavy (non-hydrogen) atoms. The average Bonchev–Trinajstić information content (AvgIpc) is 2.52. The second kappa shape index (κ2) is 4.84. The van der Waals surface area contributed by atoms with Gasteiger partial charge < -0.3 is 0 Å². The van der Waals surface area contributed by atoms with Crippen LogP contribution in [0.2, 0.25) is 0 Å². The van der Waals surface area contributed by atoms with Crippen LogP contribution in [0.15, 0.2) is 22.7 Å². The van der Waals surface area contributed by atoms with Crippen LogP contribution in [0.3, 0.4) is 0 Å². The molecule has 0 saturated carbocycles. The Balaban J connectivity index is 2.27. The topological polar surface area (TPSA) is 37.4 Å². The Morgan fingerprint density at radius 1 is 1.17 bits per heavy atom. The molecule has 1 aromatic rings. The van der Waals surface area contributed by atoms with Crippen LogP contribution in [0.25, 0.3) is 0 Å². The molecule has 4 heteroatoms. The quantitative estimate of drug-likeness (QED) is 0.788. The lowest BCUT2D eigenvalue weighted by molar-refractivity contribution is -0.140. The molecule has 2 unspecified atom stereocenters. The summed E-state index contributed by atoms with van der Waals surface area (Å²) in [7, 11) is 0. The molecule has 2 rings (SSSR count). The first-order valence-electron chi connectivity index (χ1n) is 6.02. The molecule has 0 bridgehead atoms. The maximum atomic E-state index is 12.0. The van der Waals surface area contributed by atoms with Crippen LogP contribution < -0.4 is 0 Å². The van der Waals surface area contributed by atoms with Gasteiger partial charge >= 0.3 is 0 Å². The average molecular weight is 310 g/mol. The maximum absolute atomic E-state index is 12.0. The van der Waals surface area contributed by atoms with E-state index in [1.54, 1.807) is 0 Å². The summed E-state index contributed by atoms with van der Waals surface area (Å²) in [5.41, 5.74) is 2.08. The van der Waals surface area contributed by atoms with Crippen molar-refractivity contribution in [2.75, 3.05) is 0 Å². The van der Waals surface area contributed by atoms with Crippen molar-refractivity contribution in [3.63, 3.8) is 0 Å². The van der Waals surface area contributed by atoms with Gasteiger partial charge in [-0.15, -0.1) is 0 Å². The predicted octanol–water partition coefficient (Wildman–Crippen LogP) is 2.90. The molecule has 0 radical (unpaired) electrons. The molecule has 1 saturated heterocycles. The smallest absolute Gasteiger partial charge is 0.233 e. The zero-order valence-electron chi connectivity index (χ0n) is 10.7. The van der Waals surface area contributed by atoms with Crippen molar-refractivity contribution < 1.29 is 9.59 Å². The summed E-state index contributed by atoms with van der Waals surface area (Å²) in [6, 6.07) is 5.83. The second-order valence-corrected chi connectivity index (χ2v) is 5.72. The molecule has 0 N–H and O–H groups in total. The SMILES string of the molecule is Cc1c(Br)cccc1CN1C(=O)C(C)C(C)C1=O. The first kappa shape index (κ1) is 13.3. The van der Waals surface area contributed by atoms with Gasteiger partial charge in [-0.05, 0) is 24.1 Å². The van der Waals surface area contributed by atoms with E-state index in [4.69, 9.17) is 0 Å². The summed E-state index contributed by atoms with van der Waals surface area (Å²) in [5, 5.41) is 0. The molecule has 3 nitrogen and oxygen atoms in total. The second-order valence-electron chi connectivity index (χ2n) is 4.86. The molecule has 0 aromatic heterocycles. The van der Waals surface area contributed by atoms with Crippen molar-refractivity contribution in [3.05, 3.63) is 33.8 Å². The highest BCUT2D eigenvalue weighted by atomic mass is 79.9.